The third-order valence-corrected chi connectivity index (χ3v) is 4.66. The molecule has 1 heteroatoms. The highest BCUT2D eigenvalue weighted by molar-refractivity contribution is 4.77. The SMILES string of the molecule is CCCCC(CC)CNC1CCC(CC)CC1. The molecule has 1 fully saturated rings. The summed E-state index contributed by atoms with van der Waals surface area (Å²) in [5.41, 5.74) is 0. The van der Waals surface area contributed by atoms with Gasteiger partial charge >= 0.3 is 0 Å². The molecule has 1 aliphatic carbocycles. The third kappa shape index (κ3) is 5.90. The second kappa shape index (κ2) is 8.97. The number of hydrogen-bond acceptors (Lipinski definition) is 1. The van der Waals surface area contributed by atoms with Gasteiger partial charge in [0.2, 0.25) is 0 Å². The first-order chi connectivity index (χ1) is 8.30. The first-order valence-electron chi connectivity index (χ1n) is 8.03. The highest BCUT2D eigenvalue weighted by Crippen LogP contribution is 2.26. The maximum absolute atomic E-state index is 3.83. The van der Waals surface area contributed by atoms with Gasteiger partial charge in [0.15, 0.2) is 0 Å². The summed E-state index contributed by atoms with van der Waals surface area (Å²) >= 11 is 0. The second-order valence-electron chi connectivity index (χ2n) is 5.95. The van der Waals surface area contributed by atoms with Gasteiger partial charge in [0.1, 0.15) is 0 Å². The minimum absolute atomic E-state index is 0.827. The molecule has 102 valence electrons. The molecule has 1 saturated carbocycles. The zero-order chi connectivity index (χ0) is 12.5. The van der Waals surface area contributed by atoms with Crippen molar-refractivity contribution in [3.8, 4) is 0 Å². The molecular weight excluding hydrogens is 206 g/mol. The Bertz CT molecular complexity index is 170. The lowest BCUT2D eigenvalue weighted by molar-refractivity contribution is 0.272. The van der Waals surface area contributed by atoms with Crippen molar-refractivity contribution in [3.05, 3.63) is 0 Å². The van der Waals surface area contributed by atoms with Crippen molar-refractivity contribution in [2.45, 2.75) is 84.6 Å². The lowest BCUT2D eigenvalue weighted by atomic mass is 9.84. The molecule has 0 aromatic heterocycles. The summed E-state index contributed by atoms with van der Waals surface area (Å²) < 4.78 is 0. The van der Waals surface area contributed by atoms with E-state index in [1.165, 1.54) is 64.3 Å². The van der Waals surface area contributed by atoms with Crippen LogP contribution in [0.15, 0.2) is 0 Å². The Kier molecular flexibility index (Phi) is 7.92. The average molecular weight is 239 g/mol. The van der Waals surface area contributed by atoms with Gasteiger partial charge in [-0.1, -0.05) is 46.5 Å². The molecule has 0 amide bonds. The van der Waals surface area contributed by atoms with Gasteiger partial charge in [-0.25, -0.2) is 0 Å². The van der Waals surface area contributed by atoms with Crippen LogP contribution in [0.4, 0.5) is 0 Å². The van der Waals surface area contributed by atoms with Crippen LogP contribution in [0.25, 0.3) is 0 Å². The van der Waals surface area contributed by atoms with Gasteiger partial charge in [-0.05, 0) is 50.5 Å². The van der Waals surface area contributed by atoms with Gasteiger partial charge in [0.25, 0.3) is 0 Å². The molecule has 1 aliphatic rings. The molecule has 1 rings (SSSR count). The van der Waals surface area contributed by atoms with Gasteiger partial charge in [0.05, 0.1) is 0 Å². The van der Waals surface area contributed by atoms with Crippen molar-refractivity contribution in [2.24, 2.45) is 11.8 Å². The van der Waals surface area contributed by atoms with E-state index < -0.39 is 0 Å². The predicted octanol–water partition coefficient (Wildman–Crippen LogP) is 4.76. The van der Waals surface area contributed by atoms with Crippen LogP contribution in [0.1, 0.15) is 78.6 Å². The molecule has 0 radical (unpaired) electrons. The van der Waals surface area contributed by atoms with Gasteiger partial charge in [0, 0.05) is 6.04 Å². The second-order valence-corrected chi connectivity index (χ2v) is 5.95. The molecular formula is C16H33N. The van der Waals surface area contributed by atoms with Crippen LogP contribution in [-0.4, -0.2) is 12.6 Å². The largest absolute Gasteiger partial charge is 0.314 e. The molecule has 0 heterocycles. The van der Waals surface area contributed by atoms with E-state index in [0.29, 0.717) is 0 Å². The van der Waals surface area contributed by atoms with Gasteiger partial charge < -0.3 is 5.32 Å². The molecule has 1 N–H and O–H groups in total. The van der Waals surface area contributed by atoms with E-state index in [4.69, 9.17) is 0 Å². The summed E-state index contributed by atoms with van der Waals surface area (Å²) in [5, 5.41) is 3.83. The van der Waals surface area contributed by atoms with E-state index in [1.807, 2.05) is 0 Å². The van der Waals surface area contributed by atoms with Crippen LogP contribution in [0.3, 0.4) is 0 Å². The summed E-state index contributed by atoms with van der Waals surface area (Å²) in [5.74, 6) is 1.94. The fourth-order valence-electron chi connectivity index (χ4n) is 3.05. The Hall–Kier alpha value is -0.0400. The third-order valence-electron chi connectivity index (χ3n) is 4.66. The molecule has 1 atom stereocenters. The fourth-order valence-corrected chi connectivity index (χ4v) is 3.05. The van der Waals surface area contributed by atoms with Crippen LogP contribution >= 0.6 is 0 Å². The molecule has 1 nitrogen and oxygen atoms in total. The van der Waals surface area contributed by atoms with Crippen molar-refractivity contribution >= 4 is 0 Å². The van der Waals surface area contributed by atoms with Crippen molar-refractivity contribution in [2.75, 3.05) is 6.54 Å². The minimum atomic E-state index is 0.827. The molecule has 1 unspecified atom stereocenters. The monoisotopic (exact) mass is 239 g/mol. The normalized spacial score (nSPS) is 27.0. The average Bonchev–Trinajstić information content (AvgIpc) is 2.39. The first-order valence-corrected chi connectivity index (χ1v) is 8.03. The standard InChI is InChI=1S/C16H33N/c1-4-7-8-15(6-3)13-17-16-11-9-14(5-2)10-12-16/h14-17H,4-13H2,1-3H3. The summed E-state index contributed by atoms with van der Waals surface area (Å²) in [6.45, 7) is 8.25. The van der Waals surface area contributed by atoms with Crippen LogP contribution in [-0.2, 0) is 0 Å². The molecule has 0 spiro atoms. The molecule has 17 heavy (non-hydrogen) atoms. The van der Waals surface area contributed by atoms with Gasteiger partial charge in [-0.2, -0.15) is 0 Å². The minimum Gasteiger partial charge on any atom is -0.314 e. The van der Waals surface area contributed by atoms with E-state index in [-0.39, 0.29) is 0 Å². The van der Waals surface area contributed by atoms with E-state index in [2.05, 4.69) is 26.1 Å². The smallest absolute Gasteiger partial charge is 0.00673 e. The number of nitrogens with one attached hydrogen (secondary N) is 1. The Morgan fingerprint density at radius 2 is 1.76 bits per heavy atom. The van der Waals surface area contributed by atoms with Crippen molar-refractivity contribution < 1.29 is 0 Å². The summed E-state index contributed by atoms with van der Waals surface area (Å²) in [6.07, 6.45) is 12.7. The molecule has 0 aromatic carbocycles. The van der Waals surface area contributed by atoms with E-state index in [0.717, 1.165) is 17.9 Å². The zero-order valence-corrected chi connectivity index (χ0v) is 12.3. The maximum atomic E-state index is 3.83. The van der Waals surface area contributed by atoms with Crippen molar-refractivity contribution in [1.29, 1.82) is 0 Å². The fraction of sp³-hybridized carbons (Fsp3) is 1.00. The summed E-state index contributed by atoms with van der Waals surface area (Å²) in [6, 6.07) is 0.827. The first kappa shape index (κ1) is 15.0. The van der Waals surface area contributed by atoms with Gasteiger partial charge in [-0.15, -0.1) is 0 Å². The number of hydrogen-bond donors (Lipinski definition) is 1. The highest BCUT2D eigenvalue weighted by atomic mass is 14.9. The van der Waals surface area contributed by atoms with Crippen molar-refractivity contribution in [3.63, 3.8) is 0 Å². The molecule has 0 saturated heterocycles. The van der Waals surface area contributed by atoms with E-state index in [9.17, 15) is 0 Å². The Labute approximate surface area is 109 Å². The Morgan fingerprint density at radius 1 is 1.06 bits per heavy atom. The van der Waals surface area contributed by atoms with Crippen LogP contribution in [0, 0.1) is 11.8 Å². The number of unbranched alkanes of at least 4 members (excludes halogenated alkanes) is 1. The summed E-state index contributed by atoms with van der Waals surface area (Å²) in [7, 11) is 0. The number of rotatable bonds is 8. The quantitative estimate of drug-likeness (QED) is 0.644. The maximum Gasteiger partial charge on any atom is 0.00673 e. The molecule has 0 bridgehead atoms. The van der Waals surface area contributed by atoms with E-state index >= 15 is 0 Å². The Balaban J connectivity index is 2.12. The topological polar surface area (TPSA) is 12.0 Å². The van der Waals surface area contributed by atoms with Gasteiger partial charge in [-0.3, -0.25) is 0 Å². The lowest BCUT2D eigenvalue weighted by Crippen LogP contribution is -2.36. The van der Waals surface area contributed by atoms with Crippen LogP contribution in [0.5, 0.6) is 0 Å². The summed E-state index contributed by atoms with van der Waals surface area (Å²) in [4.78, 5) is 0. The van der Waals surface area contributed by atoms with E-state index in [1.54, 1.807) is 0 Å². The Morgan fingerprint density at radius 3 is 2.29 bits per heavy atom. The van der Waals surface area contributed by atoms with Crippen LogP contribution < -0.4 is 5.32 Å². The van der Waals surface area contributed by atoms with Crippen molar-refractivity contribution in [1.82, 2.24) is 5.32 Å². The zero-order valence-electron chi connectivity index (χ0n) is 12.3. The highest BCUT2D eigenvalue weighted by Gasteiger charge is 2.20. The predicted molar refractivity (Wildman–Crippen MR) is 77.3 cm³/mol. The lowest BCUT2D eigenvalue weighted by Gasteiger charge is -2.30. The molecule has 0 aliphatic heterocycles. The molecule has 0 aromatic rings. The van der Waals surface area contributed by atoms with Crippen LogP contribution in [0.2, 0.25) is 0 Å².